The molecule has 1 amide bonds. The summed E-state index contributed by atoms with van der Waals surface area (Å²) in [5.74, 6) is 1.47. The van der Waals surface area contributed by atoms with Gasteiger partial charge in [0.2, 0.25) is 0 Å². The molecule has 2 unspecified atom stereocenters. The van der Waals surface area contributed by atoms with Crippen molar-refractivity contribution in [2.75, 3.05) is 46.5 Å². The zero-order valence-electron chi connectivity index (χ0n) is 38.0. The minimum atomic E-state index is -1.78. The summed E-state index contributed by atoms with van der Waals surface area (Å²) >= 11 is 0. The summed E-state index contributed by atoms with van der Waals surface area (Å²) in [6.45, 7) is 8.51. The quantitative estimate of drug-likeness (QED) is 0.0408. The number of imidazole rings is 1. The van der Waals surface area contributed by atoms with Gasteiger partial charge in [0.1, 0.15) is 41.7 Å². The highest BCUT2D eigenvalue weighted by molar-refractivity contribution is 7.44. The number of aromatic nitrogens is 4. The molecule has 6 aromatic rings. The summed E-state index contributed by atoms with van der Waals surface area (Å²) < 4.78 is 49.6. The van der Waals surface area contributed by atoms with Crippen molar-refractivity contribution in [1.82, 2.24) is 24.2 Å². The van der Waals surface area contributed by atoms with E-state index < -0.39 is 38.7 Å². The van der Waals surface area contributed by atoms with Gasteiger partial charge in [-0.1, -0.05) is 72.8 Å². The molecular weight excluding hydrogens is 846 g/mol. The van der Waals surface area contributed by atoms with Crippen LogP contribution in [0.1, 0.15) is 67.4 Å². The van der Waals surface area contributed by atoms with Gasteiger partial charge in [0.05, 0.1) is 46.3 Å². The molecule has 0 aliphatic carbocycles. The van der Waals surface area contributed by atoms with Crippen LogP contribution in [0.5, 0.6) is 11.5 Å². The zero-order chi connectivity index (χ0) is 46.1. The number of fused-ring (bicyclic) bond motifs is 1. The molecule has 7 rings (SSSR count). The summed E-state index contributed by atoms with van der Waals surface area (Å²) in [4.78, 5) is 29.0. The first-order valence-corrected chi connectivity index (χ1v) is 22.6. The predicted molar refractivity (Wildman–Crippen MR) is 248 cm³/mol. The molecule has 340 valence electrons. The van der Waals surface area contributed by atoms with Gasteiger partial charge in [-0.2, -0.15) is 5.26 Å². The van der Waals surface area contributed by atoms with Gasteiger partial charge in [-0.05, 0) is 80.8 Å². The van der Waals surface area contributed by atoms with Gasteiger partial charge in [-0.15, -0.1) is 0 Å². The third-order valence-corrected chi connectivity index (χ3v) is 13.5. The molecule has 0 bridgehead atoms. The van der Waals surface area contributed by atoms with Crippen molar-refractivity contribution in [2.45, 2.75) is 76.3 Å². The Balaban J connectivity index is 1.34. The molecule has 1 saturated heterocycles. The van der Waals surface area contributed by atoms with E-state index >= 15 is 0 Å². The molecule has 0 spiro atoms. The molecule has 0 radical (unpaired) electrons. The molecule has 4 aromatic carbocycles. The van der Waals surface area contributed by atoms with Crippen LogP contribution in [0.4, 0.5) is 5.82 Å². The lowest BCUT2D eigenvalue weighted by molar-refractivity contribution is -0.0938. The minimum Gasteiger partial charge on any atom is -0.497 e. The van der Waals surface area contributed by atoms with Gasteiger partial charge in [0.15, 0.2) is 23.2 Å². The first-order chi connectivity index (χ1) is 31.6. The fourth-order valence-corrected chi connectivity index (χ4v) is 10.0. The van der Waals surface area contributed by atoms with Gasteiger partial charge in [-0.3, -0.25) is 14.3 Å². The normalized spacial score (nSPS) is 18.0. The van der Waals surface area contributed by atoms with Crippen LogP contribution in [0.15, 0.2) is 122 Å². The smallest absolute Gasteiger partial charge is 0.259 e. The number of nitrogens with zero attached hydrogens (tertiary/aromatic N) is 7. The fraction of sp³-hybridized carbons (Fsp3) is 0.367. The van der Waals surface area contributed by atoms with Crippen LogP contribution in [-0.2, 0) is 28.9 Å². The van der Waals surface area contributed by atoms with E-state index in [9.17, 15) is 10.1 Å². The fourth-order valence-electron chi connectivity index (χ4n) is 8.27. The molecular formula is C49H56N7O8P. The molecule has 3 heterocycles. The van der Waals surface area contributed by atoms with Gasteiger partial charge in [-0.25, -0.2) is 19.6 Å². The van der Waals surface area contributed by atoms with Crippen LogP contribution in [0.2, 0.25) is 0 Å². The van der Waals surface area contributed by atoms with Crippen LogP contribution in [0.3, 0.4) is 0 Å². The second kappa shape index (κ2) is 21.4. The highest BCUT2D eigenvalue weighted by Crippen LogP contribution is 2.51. The lowest BCUT2D eigenvalue weighted by atomic mass is 9.80. The number of carbonyl (C=O) groups is 1. The summed E-state index contributed by atoms with van der Waals surface area (Å²) in [6.07, 6.45) is 0.0167. The molecule has 1 fully saturated rings. The summed E-state index contributed by atoms with van der Waals surface area (Å²) in [5.41, 5.74) is 2.70. The van der Waals surface area contributed by atoms with Crippen molar-refractivity contribution >= 4 is 31.4 Å². The molecule has 1 aliphatic heterocycles. The number of amides is 1. The predicted octanol–water partition coefficient (Wildman–Crippen LogP) is 8.70. The van der Waals surface area contributed by atoms with E-state index in [2.05, 4.69) is 48.4 Å². The Morgan fingerprint density at radius 2 is 1.40 bits per heavy atom. The zero-order valence-corrected chi connectivity index (χ0v) is 38.9. The van der Waals surface area contributed by atoms with E-state index in [1.165, 1.54) is 11.2 Å². The van der Waals surface area contributed by atoms with E-state index in [0.717, 1.165) is 16.7 Å². The van der Waals surface area contributed by atoms with Crippen LogP contribution in [-0.4, -0.2) is 102 Å². The largest absolute Gasteiger partial charge is 0.497 e. The van der Waals surface area contributed by atoms with E-state index in [1.807, 2.05) is 97.1 Å². The van der Waals surface area contributed by atoms with E-state index in [4.69, 9.17) is 37.7 Å². The van der Waals surface area contributed by atoms with Crippen molar-refractivity contribution in [3.05, 3.63) is 144 Å². The summed E-state index contributed by atoms with van der Waals surface area (Å²) in [5, 5.41) is 9.51. The summed E-state index contributed by atoms with van der Waals surface area (Å²) in [6, 6.07) is 36.9. The maximum Gasteiger partial charge on any atom is 0.259 e. The van der Waals surface area contributed by atoms with Crippen LogP contribution < -0.4 is 14.4 Å². The van der Waals surface area contributed by atoms with Crippen LogP contribution >= 0.6 is 8.53 Å². The number of carbonyl (C=O) groups excluding carboxylic acids is 1. The topological polar surface area (TPSA) is 156 Å². The Hall–Kier alpha value is -5.82. The second-order valence-corrected chi connectivity index (χ2v) is 17.4. The lowest BCUT2D eigenvalue weighted by Gasteiger charge is -2.39. The number of ether oxygens (including phenoxy) is 5. The Morgan fingerprint density at radius 3 is 1.95 bits per heavy atom. The number of rotatable bonds is 20. The van der Waals surface area contributed by atoms with E-state index in [-0.39, 0.29) is 37.6 Å². The molecule has 16 heteroatoms. The SMILES string of the molecule is COc1ccc(C(OC[C@H]2O[C@@H](n3cnc4c(N(C)C(=O)c5ccccc5)ncnc43)[C@@H](OC)C2OP(OCCC#N)N(C(C)C)C(C)C)(c2ccccc2)c2ccc(OC)cc2)cc1. The van der Waals surface area contributed by atoms with Crippen molar-refractivity contribution in [2.24, 2.45) is 0 Å². The maximum absolute atomic E-state index is 13.6. The Kier molecular flexibility index (Phi) is 15.6. The highest BCUT2D eigenvalue weighted by Gasteiger charge is 2.51. The monoisotopic (exact) mass is 901 g/mol. The van der Waals surface area contributed by atoms with Gasteiger partial charge < -0.3 is 32.7 Å². The molecule has 0 N–H and O–H groups in total. The van der Waals surface area contributed by atoms with Crippen molar-refractivity contribution in [1.29, 1.82) is 5.26 Å². The highest BCUT2D eigenvalue weighted by atomic mass is 31.2. The third kappa shape index (κ3) is 9.90. The van der Waals surface area contributed by atoms with Crippen LogP contribution in [0.25, 0.3) is 11.2 Å². The number of methoxy groups -OCH3 is 3. The number of nitriles is 1. The van der Waals surface area contributed by atoms with Gasteiger partial charge in [0.25, 0.3) is 14.4 Å². The average molecular weight is 902 g/mol. The standard InChI is InChI=1S/C49H56N7O8P/c1-33(2)56(34(3)4)65(62-29-15-28-50)64-43-41(30-61-49(36-18-13-10-14-19-36,37-20-24-39(58-6)25-21-37)38-22-26-40(59-7)27-23-38)63-48(44(43)60-8)55-32-53-42-45(51-31-52-46(42)55)54(5)47(57)35-16-11-9-12-17-35/h9-14,16-27,31-34,41,43-44,48H,15,29-30H2,1-8H3/t41-,43?,44+,48-,65?/m1/s1. The third-order valence-electron chi connectivity index (χ3n) is 11.3. The number of benzene rings is 4. The molecule has 0 saturated carbocycles. The summed E-state index contributed by atoms with van der Waals surface area (Å²) in [7, 11) is 4.76. The molecule has 15 nitrogen and oxygen atoms in total. The van der Waals surface area contributed by atoms with Crippen molar-refractivity contribution in [3.8, 4) is 17.6 Å². The minimum absolute atomic E-state index is 0.000115. The van der Waals surface area contributed by atoms with Crippen LogP contribution in [0, 0.1) is 11.3 Å². The van der Waals surface area contributed by atoms with Gasteiger partial charge >= 0.3 is 0 Å². The maximum atomic E-state index is 13.6. The first kappa shape index (κ1) is 47.2. The number of anilines is 1. The van der Waals surface area contributed by atoms with E-state index in [1.54, 1.807) is 51.4 Å². The molecule has 2 aromatic heterocycles. The number of hydrogen-bond donors (Lipinski definition) is 0. The Morgan fingerprint density at radius 1 is 0.815 bits per heavy atom. The first-order valence-electron chi connectivity index (χ1n) is 21.5. The lowest BCUT2D eigenvalue weighted by Crippen LogP contribution is -2.42. The molecule has 5 atom stereocenters. The second-order valence-electron chi connectivity index (χ2n) is 15.9. The Labute approximate surface area is 381 Å². The molecule has 1 aliphatic rings. The van der Waals surface area contributed by atoms with Crippen molar-refractivity contribution in [3.63, 3.8) is 0 Å². The molecule has 65 heavy (non-hydrogen) atoms. The Bertz CT molecular complexity index is 2450. The van der Waals surface area contributed by atoms with Crippen molar-refractivity contribution < 1.29 is 37.5 Å². The van der Waals surface area contributed by atoms with E-state index in [0.29, 0.717) is 34.0 Å². The van der Waals surface area contributed by atoms with Gasteiger partial charge in [0, 0.05) is 31.8 Å². The average Bonchev–Trinajstić information content (AvgIpc) is 3.92. The number of hydrogen-bond acceptors (Lipinski definition) is 13.